The molecule has 0 bridgehead atoms. The van der Waals surface area contributed by atoms with Crippen LogP contribution in [-0.2, 0) is 16.0 Å². The molecule has 0 aromatic heterocycles. The number of hydrogen-bond donors (Lipinski definition) is 0. The summed E-state index contributed by atoms with van der Waals surface area (Å²) in [7, 11) is 4.01. The summed E-state index contributed by atoms with van der Waals surface area (Å²) in [4.78, 5) is 24.3. The lowest BCUT2D eigenvalue weighted by Crippen LogP contribution is -2.26. The van der Waals surface area contributed by atoms with E-state index < -0.39 is 11.9 Å². The highest BCUT2D eigenvalue weighted by Gasteiger charge is 2.13. The van der Waals surface area contributed by atoms with Gasteiger partial charge in [-0.05, 0) is 45.1 Å². The van der Waals surface area contributed by atoms with Crippen molar-refractivity contribution in [2.75, 3.05) is 14.1 Å². The molecule has 1 aromatic carbocycles. The first kappa shape index (κ1) is 16.2. The van der Waals surface area contributed by atoms with Gasteiger partial charge in [-0.15, -0.1) is 0 Å². The summed E-state index contributed by atoms with van der Waals surface area (Å²) < 4.78 is 10.1. The Morgan fingerprint density at radius 1 is 1.10 bits per heavy atom. The molecule has 0 heterocycles. The first-order valence-corrected chi connectivity index (χ1v) is 6.45. The molecule has 5 heteroatoms. The van der Waals surface area contributed by atoms with Gasteiger partial charge in [-0.1, -0.05) is 6.07 Å². The Labute approximate surface area is 119 Å². The molecule has 0 spiro atoms. The van der Waals surface area contributed by atoms with Crippen molar-refractivity contribution in [3.63, 3.8) is 0 Å². The van der Waals surface area contributed by atoms with Crippen LogP contribution in [0.5, 0.6) is 11.5 Å². The molecule has 0 saturated carbocycles. The quantitative estimate of drug-likeness (QED) is 0.610. The van der Waals surface area contributed by atoms with Crippen LogP contribution >= 0.6 is 0 Å². The topological polar surface area (TPSA) is 55.8 Å². The molecule has 0 fully saturated rings. The summed E-state index contributed by atoms with van der Waals surface area (Å²) >= 11 is 0. The fraction of sp³-hybridized carbons (Fsp3) is 0.467. The largest absolute Gasteiger partial charge is 0.423 e. The van der Waals surface area contributed by atoms with Crippen molar-refractivity contribution in [3.05, 3.63) is 23.8 Å². The summed E-state index contributed by atoms with van der Waals surface area (Å²) in [5.74, 6) is -0.367. The lowest BCUT2D eigenvalue weighted by molar-refractivity contribution is -0.134. The molecule has 110 valence electrons. The predicted molar refractivity (Wildman–Crippen MR) is 75.9 cm³/mol. The van der Waals surface area contributed by atoms with Gasteiger partial charge in [0.2, 0.25) is 0 Å². The van der Waals surface area contributed by atoms with Crippen molar-refractivity contribution in [2.24, 2.45) is 0 Å². The van der Waals surface area contributed by atoms with Crippen molar-refractivity contribution in [1.29, 1.82) is 0 Å². The van der Waals surface area contributed by atoms with Crippen molar-refractivity contribution in [3.8, 4) is 11.5 Å². The van der Waals surface area contributed by atoms with Crippen LogP contribution in [0.3, 0.4) is 0 Å². The van der Waals surface area contributed by atoms with Crippen LogP contribution in [0.1, 0.15) is 26.3 Å². The average molecular weight is 279 g/mol. The zero-order valence-electron chi connectivity index (χ0n) is 12.6. The monoisotopic (exact) mass is 279 g/mol. The third kappa shape index (κ3) is 5.01. The molecular formula is C15H21NO4. The van der Waals surface area contributed by atoms with E-state index in [4.69, 9.17) is 9.47 Å². The van der Waals surface area contributed by atoms with E-state index in [0.29, 0.717) is 6.04 Å². The smallest absolute Gasteiger partial charge is 0.308 e. The Kier molecular flexibility index (Phi) is 5.70. The average Bonchev–Trinajstić information content (AvgIpc) is 2.31. The zero-order chi connectivity index (χ0) is 15.3. The van der Waals surface area contributed by atoms with E-state index in [1.165, 1.54) is 13.8 Å². The van der Waals surface area contributed by atoms with Gasteiger partial charge in [-0.3, -0.25) is 9.59 Å². The minimum absolute atomic E-state index is 0.258. The van der Waals surface area contributed by atoms with E-state index in [9.17, 15) is 9.59 Å². The molecule has 0 aliphatic heterocycles. The number of nitrogens with zero attached hydrogens (tertiary/aromatic N) is 1. The van der Waals surface area contributed by atoms with Gasteiger partial charge in [0.05, 0.1) is 0 Å². The van der Waals surface area contributed by atoms with Crippen molar-refractivity contribution in [2.45, 2.75) is 33.2 Å². The highest BCUT2D eigenvalue weighted by molar-refractivity contribution is 5.73. The second-order valence-electron chi connectivity index (χ2n) is 4.99. The van der Waals surface area contributed by atoms with Crippen LogP contribution in [0.15, 0.2) is 18.2 Å². The van der Waals surface area contributed by atoms with E-state index in [-0.39, 0.29) is 11.5 Å². The molecule has 1 atom stereocenters. The second kappa shape index (κ2) is 7.05. The summed E-state index contributed by atoms with van der Waals surface area (Å²) in [6.07, 6.45) is 0.807. The Hall–Kier alpha value is -1.88. The van der Waals surface area contributed by atoms with Gasteiger partial charge < -0.3 is 14.4 Å². The number of rotatable bonds is 5. The van der Waals surface area contributed by atoms with E-state index >= 15 is 0 Å². The first-order valence-electron chi connectivity index (χ1n) is 6.45. The van der Waals surface area contributed by atoms with Gasteiger partial charge in [0.1, 0.15) is 0 Å². The number of hydrogen-bond acceptors (Lipinski definition) is 5. The minimum Gasteiger partial charge on any atom is -0.423 e. The van der Waals surface area contributed by atoms with Crippen molar-refractivity contribution >= 4 is 11.9 Å². The maximum Gasteiger partial charge on any atom is 0.308 e. The molecule has 0 saturated heterocycles. The highest BCUT2D eigenvalue weighted by atomic mass is 16.6. The molecule has 0 radical (unpaired) electrons. The zero-order valence-corrected chi connectivity index (χ0v) is 12.6. The molecule has 1 aromatic rings. The predicted octanol–water partition coefficient (Wildman–Crippen LogP) is 2.03. The molecule has 1 unspecified atom stereocenters. The van der Waals surface area contributed by atoms with E-state index in [0.717, 1.165) is 12.0 Å². The van der Waals surface area contributed by atoms with Crippen LogP contribution < -0.4 is 9.47 Å². The lowest BCUT2D eigenvalue weighted by atomic mass is 10.1. The molecule has 0 aliphatic carbocycles. The lowest BCUT2D eigenvalue weighted by Gasteiger charge is -2.20. The maximum atomic E-state index is 11.1. The molecular weight excluding hydrogens is 258 g/mol. The normalized spacial score (nSPS) is 12.1. The van der Waals surface area contributed by atoms with Gasteiger partial charge in [0.15, 0.2) is 11.5 Å². The first-order chi connectivity index (χ1) is 9.29. The van der Waals surface area contributed by atoms with Crippen LogP contribution in [0.25, 0.3) is 0 Å². The van der Waals surface area contributed by atoms with Crippen LogP contribution in [0.2, 0.25) is 0 Å². The summed E-state index contributed by atoms with van der Waals surface area (Å²) in [6, 6.07) is 5.60. The number of benzene rings is 1. The second-order valence-corrected chi connectivity index (χ2v) is 4.99. The number of esters is 2. The highest BCUT2D eigenvalue weighted by Crippen LogP contribution is 2.29. The van der Waals surface area contributed by atoms with Crippen molar-refractivity contribution in [1.82, 2.24) is 4.90 Å². The molecule has 0 aliphatic rings. The van der Waals surface area contributed by atoms with Crippen molar-refractivity contribution < 1.29 is 19.1 Å². The summed E-state index contributed by atoms with van der Waals surface area (Å²) in [5, 5.41) is 0. The van der Waals surface area contributed by atoms with Crippen LogP contribution in [0.4, 0.5) is 0 Å². The third-order valence-corrected chi connectivity index (χ3v) is 2.93. The maximum absolute atomic E-state index is 11.1. The van der Waals surface area contributed by atoms with E-state index in [1.54, 1.807) is 12.1 Å². The fourth-order valence-electron chi connectivity index (χ4n) is 1.68. The molecule has 5 nitrogen and oxygen atoms in total. The van der Waals surface area contributed by atoms with Gasteiger partial charge in [0, 0.05) is 19.9 Å². The Morgan fingerprint density at radius 3 is 2.15 bits per heavy atom. The fourth-order valence-corrected chi connectivity index (χ4v) is 1.68. The van der Waals surface area contributed by atoms with E-state index in [2.05, 4.69) is 11.8 Å². The van der Waals surface area contributed by atoms with Crippen LogP contribution in [-0.4, -0.2) is 37.0 Å². The van der Waals surface area contributed by atoms with Gasteiger partial charge in [0.25, 0.3) is 0 Å². The van der Waals surface area contributed by atoms with Gasteiger partial charge in [-0.2, -0.15) is 0 Å². The Balaban J connectivity index is 3.00. The summed E-state index contributed by atoms with van der Waals surface area (Å²) in [6.45, 7) is 4.72. The number of carbonyl (C=O) groups is 2. The summed E-state index contributed by atoms with van der Waals surface area (Å²) in [5.41, 5.74) is 1.01. The van der Waals surface area contributed by atoms with Gasteiger partial charge in [-0.25, -0.2) is 0 Å². The van der Waals surface area contributed by atoms with E-state index in [1.807, 2.05) is 20.2 Å². The minimum atomic E-state index is -0.451. The Bertz CT molecular complexity index is 497. The molecule has 20 heavy (non-hydrogen) atoms. The number of likely N-dealkylation sites (N-methyl/N-ethyl adjacent to an activating group) is 1. The molecule has 0 N–H and O–H groups in total. The van der Waals surface area contributed by atoms with Crippen LogP contribution in [0, 0.1) is 0 Å². The molecule has 1 rings (SSSR count). The standard InChI is InChI=1S/C15H21NO4/c1-10(16(4)5)8-13-6-7-14(19-11(2)17)15(9-13)20-12(3)18/h6-7,9-10H,8H2,1-5H3. The number of ether oxygens (including phenoxy) is 2. The van der Waals surface area contributed by atoms with Gasteiger partial charge >= 0.3 is 11.9 Å². The molecule has 0 amide bonds. The Morgan fingerprint density at radius 2 is 1.65 bits per heavy atom. The number of carbonyl (C=O) groups excluding carboxylic acids is 2. The third-order valence-electron chi connectivity index (χ3n) is 2.93. The SMILES string of the molecule is CC(=O)Oc1ccc(CC(C)N(C)C)cc1OC(C)=O.